The van der Waals surface area contributed by atoms with Crippen LogP contribution in [0.3, 0.4) is 0 Å². The summed E-state index contributed by atoms with van der Waals surface area (Å²) in [6.45, 7) is 4.20. The molecule has 106 valence electrons. The molecular weight excluding hydrogens is 266 g/mol. The van der Waals surface area contributed by atoms with Gasteiger partial charge in [0.15, 0.2) is 0 Å². The first kappa shape index (κ1) is 15.4. The highest BCUT2D eigenvalue weighted by molar-refractivity contribution is 7.09. The Morgan fingerprint density at radius 3 is 2.79 bits per heavy atom. The van der Waals surface area contributed by atoms with Gasteiger partial charge in [-0.05, 0) is 13.3 Å². The summed E-state index contributed by atoms with van der Waals surface area (Å²) >= 11 is 1.53. The molecule has 1 rings (SSSR count). The number of carboxylic acids is 1. The van der Waals surface area contributed by atoms with Gasteiger partial charge in [0.25, 0.3) is 0 Å². The van der Waals surface area contributed by atoms with E-state index in [1.165, 1.54) is 11.3 Å². The lowest BCUT2D eigenvalue weighted by Crippen LogP contribution is -2.42. The highest BCUT2D eigenvalue weighted by atomic mass is 32.1. The second-order valence-corrected chi connectivity index (χ2v) is 5.33. The van der Waals surface area contributed by atoms with Gasteiger partial charge in [0, 0.05) is 11.4 Å². The van der Waals surface area contributed by atoms with E-state index in [2.05, 4.69) is 15.6 Å². The van der Waals surface area contributed by atoms with Gasteiger partial charge in [-0.2, -0.15) is 0 Å². The molecule has 6 nitrogen and oxygen atoms in total. The molecule has 1 aromatic rings. The summed E-state index contributed by atoms with van der Waals surface area (Å²) in [5.74, 6) is -0.908. The number of carbonyl (C=O) groups excluding carboxylic acids is 1. The van der Waals surface area contributed by atoms with Crippen LogP contribution in [0, 0.1) is 6.92 Å². The van der Waals surface area contributed by atoms with E-state index in [1.807, 2.05) is 19.2 Å². The lowest BCUT2D eigenvalue weighted by molar-refractivity contribution is -0.137. The normalized spacial score (nSPS) is 11.9. The van der Waals surface area contributed by atoms with Crippen molar-refractivity contribution in [2.75, 3.05) is 0 Å². The number of nitrogens with one attached hydrogen (secondary N) is 2. The van der Waals surface area contributed by atoms with Gasteiger partial charge in [-0.15, -0.1) is 11.3 Å². The van der Waals surface area contributed by atoms with Gasteiger partial charge in [0.2, 0.25) is 0 Å². The molecule has 7 heteroatoms. The first-order valence-electron chi connectivity index (χ1n) is 6.18. The SMILES string of the molecule is CCCC(CC(=O)O)NC(=O)NCc1csc(C)n1. The maximum absolute atomic E-state index is 11.7. The van der Waals surface area contributed by atoms with Crippen LogP contribution >= 0.6 is 11.3 Å². The van der Waals surface area contributed by atoms with Crippen LogP contribution < -0.4 is 10.6 Å². The van der Waals surface area contributed by atoms with E-state index in [-0.39, 0.29) is 18.5 Å². The number of carboxylic acid groups (broad SMARTS) is 1. The number of carbonyl (C=O) groups is 2. The maximum Gasteiger partial charge on any atom is 0.315 e. The fourth-order valence-corrected chi connectivity index (χ4v) is 2.29. The molecule has 0 bridgehead atoms. The van der Waals surface area contributed by atoms with Crippen molar-refractivity contribution in [3.63, 3.8) is 0 Å². The fourth-order valence-electron chi connectivity index (χ4n) is 1.68. The van der Waals surface area contributed by atoms with E-state index >= 15 is 0 Å². The number of amides is 2. The van der Waals surface area contributed by atoms with Crippen LogP contribution in [0.4, 0.5) is 4.79 Å². The Labute approximate surface area is 116 Å². The molecule has 1 aromatic heterocycles. The van der Waals surface area contributed by atoms with Crippen LogP contribution in [-0.2, 0) is 11.3 Å². The molecule has 1 heterocycles. The molecule has 0 fully saturated rings. The first-order chi connectivity index (χ1) is 9.01. The van der Waals surface area contributed by atoms with Crippen molar-refractivity contribution in [2.45, 2.75) is 45.7 Å². The monoisotopic (exact) mass is 285 g/mol. The number of hydrogen-bond acceptors (Lipinski definition) is 4. The molecule has 0 spiro atoms. The molecule has 0 aliphatic heterocycles. The summed E-state index contributed by atoms with van der Waals surface area (Å²) in [4.78, 5) is 26.5. The van der Waals surface area contributed by atoms with Crippen LogP contribution in [0.1, 0.15) is 36.9 Å². The number of hydrogen-bond donors (Lipinski definition) is 3. The molecule has 0 saturated carbocycles. The smallest absolute Gasteiger partial charge is 0.315 e. The topological polar surface area (TPSA) is 91.3 Å². The fraction of sp³-hybridized carbons (Fsp3) is 0.583. The Kier molecular flexibility index (Phi) is 6.27. The Bertz CT molecular complexity index is 434. The van der Waals surface area contributed by atoms with Crippen molar-refractivity contribution in [1.29, 1.82) is 0 Å². The minimum Gasteiger partial charge on any atom is -0.481 e. The summed E-state index contributed by atoms with van der Waals surface area (Å²) in [7, 11) is 0. The highest BCUT2D eigenvalue weighted by Gasteiger charge is 2.14. The van der Waals surface area contributed by atoms with Gasteiger partial charge < -0.3 is 15.7 Å². The third-order valence-electron chi connectivity index (χ3n) is 2.49. The third-order valence-corrected chi connectivity index (χ3v) is 3.31. The van der Waals surface area contributed by atoms with Crippen LogP contribution in [0.25, 0.3) is 0 Å². The summed E-state index contributed by atoms with van der Waals surface area (Å²) < 4.78 is 0. The number of rotatable bonds is 7. The van der Waals surface area contributed by atoms with E-state index in [4.69, 9.17) is 5.11 Å². The van der Waals surface area contributed by atoms with E-state index in [0.29, 0.717) is 13.0 Å². The van der Waals surface area contributed by atoms with Crippen LogP contribution in [-0.4, -0.2) is 28.1 Å². The molecular formula is C12H19N3O3S. The molecule has 2 amide bonds. The average Bonchev–Trinajstić information content (AvgIpc) is 2.72. The van der Waals surface area contributed by atoms with Gasteiger partial charge in [0.05, 0.1) is 23.7 Å². The van der Waals surface area contributed by atoms with Crippen molar-refractivity contribution in [3.05, 3.63) is 16.1 Å². The van der Waals surface area contributed by atoms with Crippen molar-refractivity contribution < 1.29 is 14.7 Å². The van der Waals surface area contributed by atoms with Gasteiger partial charge in [-0.1, -0.05) is 13.3 Å². The molecule has 1 atom stereocenters. The number of urea groups is 1. The zero-order chi connectivity index (χ0) is 14.3. The zero-order valence-electron chi connectivity index (χ0n) is 11.1. The molecule has 0 aliphatic rings. The van der Waals surface area contributed by atoms with Crippen LogP contribution in [0.5, 0.6) is 0 Å². The summed E-state index contributed by atoms with van der Waals surface area (Å²) in [5.41, 5.74) is 0.808. The molecule has 0 aromatic carbocycles. The van der Waals surface area contributed by atoms with Gasteiger partial charge >= 0.3 is 12.0 Å². The summed E-state index contributed by atoms with van der Waals surface area (Å²) in [6, 6.07) is -0.690. The molecule has 1 unspecified atom stereocenters. The van der Waals surface area contributed by atoms with Gasteiger partial charge in [-0.25, -0.2) is 9.78 Å². The molecule has 0 radical (unpaired) electrons. The number of aliphatic carboxylic acids is 1. The maximum atomic E-state index is 11.7. The molecule has 3 N–H and O–H groups in total. The van der Waals surface area contributed by atoms with E-state index in [0.717, 1.165) is 17.1 Å². The van der Waals surface area contributed by atoms with Crippen LogP contribution in [0.2, 0.25) is 0 Å². The second kappa shape index (κ2) is 7.73. The Morgan fingerprint density at radius 1 is 1.53 bits per heavy atom. The summed E-state index contributed by atoms with van der Waals surface area (Å²) in [5, 5.41) is 16.9. The first-order valence-corrected chi connectivity index (χ1v) is 7.06. The number of thiazole rings is 1. The largest absolute Gasteiger partial charge is 0.481 e. The zero-order valence-corrected chi connectivity index (χ0v) is 11.9. The van der Waals surface area contributed by atoms with Crippen molar-refractivity contribution >= 4 is 23.3 Å². The van der Waals surface area contributed by atoms with Crippen LogP contribution in [0.15, 0.2) is 5.38 Å². The lowest BCUT2D eigenvalue weighted by Gasteiger charge is -2.16. The minimum atomic E-state index is -0.908. The van der Waals surface area contributed by atoms with Crippen molar-refractivity contribution in [2.24, 2.45) is 0 Å². The predicted octanol–water partition coefficient (Wildman–Crippen LogP) is 1.89. The molecule has 0 aliphatic carbocycles. The number of aromatic nitrogens is 1. The minimum absolute atomic E-state index is 0.0585. The number of nitrogens with zero attached hydrogens (tertiary/aromatic N) is 1. The van der Waals surface area contributed by atoms with E-state index in [9.17, 15) is 9.59 Å². The van der Waals surface area contributed by atoms with Gasteiger partial charge in [0.1, 0.15) is 0 Å². The quantitative estimate of drug-likeness (QED) is 0.713. The Hall–Kier alpha value is -1.63. The molecule has 19 heavy (non-hydrogen) atoms. The highest BCUT2D eigenvalue weighted by Crippen LogP contribution is 2.07. The van der Waals surface area contributed by atoms with E-state index < -0.39 is 5.97 Å². The Balaban J connectivity index is 2.37. The third kappa shape index (κ3) is 6.19. The van der Waals surface area contributed by atoms with Gasteiger partial charge in [-0.3, -0.25) is 4.79 Å². The van der Waals surface area contributed by atoms with E-state index in [1.54, 1.807) is 0 Å². The average molecular weight is 285 g/mol. The molecule has 0 saturated heterocycles. The number of aryl methyl sites for hydroxylation is 1. The van der Waals surface area contributed by atoms with Crippen molar-refractivity contribution in [1.82, 2.24) is 15.6 Å². The predicted molar refractivity (Wildman–Crippen MR) is 73.2 cm³/mol. The standard InChI is InChI=1S/C12H19N3O3S/c1-3-4-9(5-11(16)17)15-12(18)13-6-10-7-19-8(2)14-10/h7,9H,3-6H2,1-2H3,(H,16,17)(H2,13,15,18). The lowest BCUT2D eigenvalue weighted by atomic mass is 10.1. The van der Waals surface area contributed by atoms with Crippen molar-refractivity contribution in [3.8, 4) is 0 Å². The summed E-state index contributed by atoms with van der Waals surface area (Å²) in [6.07, 6.45) is 1.41. The Morgan fingerprint density at radius 2 is 2.26 bits per heavy atom. The second-order valence-electron chi connectivity index (χ2n) is 4.27.